The molecule has 21 heavy (non-hydrogen) atoms. The second-order valence-electron chi connectivity index (χ2n) is 7.09. The molecule has 1 aliphatic carbocycles. The molecule has 2 aliphatic rings. The maximum absolute atomic E-state index is 6.48. The van der Waals surface area contributed by atoms with Crippen LogP contribution in [0.5, 0.6) is 0 Å². The van der Waals surface area contributed by atoms with Crippen LogP contribution in [-0.4, -0.2) is 30.1 Å². The van der Waals surface area contributed by atoms with Gasteiger partial charge in [-0.2, -0.15) is 0 Å². The summed E-state index contributed by atoms with van der Waals surface area (Å²) in [4.78, 5) is 2.71. The van der Waals surface area contributed by atoms with Crippen molar-refractivity contribution in [3.8, 4) is 0 Å². The predicted octanol–water partition coefficient (Wildman–Crippen LogP) is 3.77. The molecule has 0 radical (unpaired) electrons. The Hall–Kier alpha value is -0.860. The molecule has 1 aromatic carbocycles. The van der Waals surface area contributed by atoms with E-state index in [1.165, 1.54) is 57.2 Å². The molecule has 2 nitrogen and oxygen atoms in total. The normalized spacial score (nSPS) is 34.2. The number of hydrogen-bond donors (Lipinski definition) is 1. The van der Waals surface area contributed by atoms with Crippen LogP contribution >= 0.6 is 0 Å². The number of nitrogens with zero attached hydrogens (tertiary/aromatic N) is 1. The SMILES string of the molecule is CCCC1CCN(C2CC(c3ccccc3)CCC2N)C1. The first-order chi connectivity index (χ1) is 10.3. The molecule has 2 heteroatoms. The lowest BCUT2D eigenvalue weighted by Crippen LogP contribution is -2.50. The largest absolute Gasteiger partial charge is 0.326 e. The van der Waals surface area contributed by atoms with E-state index in [4.69, 9.17) is 5.73 Å². The summed E-state index contributed by atoms with van der Waals surface area (Å²) in [7, 11) is 0. The molecule has 0 spiro atoms. The van der Waals surface area contributed by atoms with Crippen molar-refractivity contribution < 1.29 is 0 Å². The van der Waals surface area contributed by atoms with Crippen molar-refractivity contribution >= 4 is 0 Å². The first-order valence-corrected chi connectivity index (χ1v) is 8.82. The summed E-state index contributed by atoms with van der Waals surface area (Å²) in [5.41, 5.74) is 7.99. The number of likely N-dealkylation sites (tertiary alicyclic amines) is 1. The van der Waals surface area contributed by atoms with E-state index in [2.05, 4.69) is 42.2 Å². The zero-order valence-electron chi connectivity index (χ0n) is 13.4. The molecule has 2 fully saturated rings. The van der Waals surface area contributed by atoms with Crippen LogP contribution in [0.25, 0.3) is 0 Å². The summed E-state index contributed by atoms with van der Waals surface area (Å²) in [6, 6.07) is 12.0. The number of rotatable bonds is 4. The van der Waals surface area contributed by atoms with Gasteiger partial charge in [0.05, 0.1) is 0 Å². The van der Waals surface area contributed by atoms with Gasteiger partial charge in [-0.05, 0) is 56.0 Å². The van der Waals surface area contributed by atoms with Crippen LogP contribution in [0.4, 0.5) is 0 Å². The lowest BCUT2D eigenvalue weighted by Gasteiger charge is -2.40. The fraction of sp³-hybridized carbons (Fsp3) is 0.684. The van der Waals surface area contributed by atoms with Crippen molar-refractivity contribution in [3.63, 3.8) is 0 Å². The highest BCUT2D eigenvalue weighted by molar-refractivity contribution is 5.21. The first kappa shape index (κ1) is 15.1. The van der Waals surface area contributed by atoms with E-state index >= 15 is 0 Å². The van der Waals surface area contributed by atoms with Gasteiger partial charge in [0.1, 0.15) is 0 Å². The van der Waals surface area contributed by atoms with Gasteiger partial charge in [0, 0.05) is 18.6 Å². The summed E-state index contributed by atoms with van der Waals surface area (Å²) < 4.78 is 0. The highest BCUT2D eigenvalue weighted by atomic mass is 15.2. The van der Waals surface area contributed by atoms with Crippen LogP contribution in [0.3, 0.4) is 0 Å². The van der Waals surface area contributed by atoms with E-state index in [0.29, 0.717) is 18.0 Å². The van der Waals surface area contributed by atoms with Gasteiger partial charge in [-0.3, -0.25) is 4.90 Å². The summed E-state index contributed by atoms with van der Waals surface area (Å²) in [6.45, 7) is 4.86. The van der Waals surface area contributed by atoms with E-state index in [1.807, 2.05) is 0 Å². The van der Waals surface area contributed by atoms with Crippen molar-refractivity contribution in [2.45, 2.75) is 63.5 Å². The highest BCUT2D eigenvalue weighted by Crippen LogP contribution is 2.36. The summed E-state index contributed by atoms with van der Waals surface area (Å²) in [5, 5.41) is 0. The lowest BCUT2D eigenvalue weighted by atomic mass is 9.78. The fourth-order valence-corrected chi connectivity index (χ4v) is 4.43. The van der Waals surface area contributed by atoms with Crippen LogP contribution in [-0.2, 0) is 0 Å². The lowest BCUT2D eigenvalue weighted by molar-refractivity contribution is 0.151. The van der Waals surface area contributed by atoms with Crippen LogP contribution in [0, 0.1) is 5.92 Å². The summed E-state index contributed by atoms with van der Waals surface area (Å²) in [5.74, 6) is 1.63. The molecule has 116 valence electrons. The second-order valence-corrected chi connectivity index (χ2v) is 7.09. The maximum Gasteiger partial charge on any atom is 0.0253 e. The van der Waals surface area contributed by atoms with Gasteiger partial charge < -0.3 is 5.73 Å². The number of hydrogen-bond acceptors (Lipinski definition) is 2. The molecule has 4 unspecified atom stereocenters. The topological polar surface area (TPSA) is 29.3 Å². The Morgan fingerprint density at radius 1 is 1.14 bits per heavy atom. The minimum Gasteiger partial charge on any atom is -0.326 e. The smallest absolute Gasteiger partial charge is 0.0253 e. The molecule has 3 rings (SSSR count). The molecule has 1 aliphatic heterocycles. The first-order valence-electron chi connectivity index (χ1n) is 8.82. The Bertz CT molecular complexity index is 430. The van der Waals surface area contributed by atoms with Crippen molar-refractivity contribution in [2.75, 3.05) is 13.1 Å². The predicted molar refractivity (Wildman–Crippen MR) is 89.4 cm³/mol. The average Bonchev–Trinajstić information content (AvgIpc) is 2.97. The quantitative estimate of drug-likeness (QED) is 0.913. The zero-order chi connectivity index (χ0) is 14.7. The molecule has 1 heterocycles. The number of nitrogens with two attached hydrogens (primary N) is 1. The molecule has 0 aromatic heterocycles. The fourth-order valence-electron chi connectivity index (χ4n) is 4.43. The van der Waals surface area contributed by atoms with Gasteiger partial charge >= 0.3 is 0 Å². The number of benzene rings is 1. The van der Waals surface area contributed by atoms with Gasteiger partial charge in [-0.25, -0.2) is 0 Å². The standard InChI is InChI=1S/C19H30N2/c1-2-6-15-11-12-21(14-15)19-13-17(9-10-18(19)20)16-7-4-3-5-8-16/h3-5,7-8,15,17-19H,2,6,9-14,20H2,1H3. The van der Waals surface area contributed by atoms with E-state index in [1.54, 1.807) is 0 Å². The minimum absolute atomic E-state index is 0.380. The minimum atomic E-state index is 0.380. The third-order valence-corrected chi connectivity index (χ3v) is 5.62. The van der Waals surface area contributed by atoms with Crippen LogP contribution in [0.2, 0.25) is 0 Å². The molecule has 4 atom stereocenters. The monoisotopic (exact) mass is 286 g/mol. The molecular weight excluding hydrogens is 256 g/mol. The molecular formula is C19H30N2. The Kier molecular flexibility index (Phi) is 4.97. The average molecular weight is 286 g/mol. The second kappa shape index (κ2) is 6.93. The van der Waals surface area contributed by atoms with E-state index in [0.717, 1.165) is 5.92 Å². The third kappa shape index (κ3) is 3.49. The molecule has 0 bridgehead atoms. The Labute approximate surface area is 129 Å². The van der Waals surface area contributed by atoms with Crippen LogP contribution in [0.1, 0.15) is 56.9 Å². The van der Waals surface area contributed by atoms with Crippen molar-refractivity contribution in [1.82, 2.24) is 4.90 Å². The van der Waals surface area contributed by atoms with Crippen molar-refractivity contribution in [1.29, 1.82) is 0 Å². The highest BCUT2D eigenvalue weighted by Gasteiger charge is 2.36. The van der Waals surface area contributed by atoms with Gasteiger partial charge in [0.25, 0.3) is 0 Å². The Morgan fingerprint density at radius 3 is 2.71 bits per heavy atom. The van der Waals surface area contributed by atoms with E-state index < -0.39 is 0 Å². The Morgan fingerprint density at radius 2 is 1.95 bits per heavy atom. The summed E-state index contributed by atoms with van der Waals surface area (Å²) in [6.07, 6.45) is 7.78. The van der Waals surface area contributed by atoms with E-state index in [-0.39, 0.29) is 0 Å². The van der Waals surface area contributed by atoms with Crippen molar-refractivity contribution in [2.24, 2.45) is 11.7 Å². The third-order valence-electron chi connectivity index (χ3n) is 5.62. The molecule has 2 N–H and O–H groups in total. The molecule has 0 amide bonds. The maximum atomic E-state index is 6.48. The zero-order valence-corrected chi connectivity index (χ0v) is 13.4. The van der Waals surface area contributed by atoms with Gasteiger partial charge in [-0.1, -0.05) is 43.7 Å². The van der Waals surface area contributed by atoms with Crippen LogP contribution in [0.15, 0.2) is 30.3 Å². The molecule has 1 aromatic rings. The van der Waals surface area contributed by atoms with E-state index in [9.17, 15) is 0 Å². The molecule has 1 saturated carbocycles. The van der Waals surface area contributed by atoms with Crippen molar-refractivity contribution in [3.05, 3.63) is 35.9 Å². The van der Waals surface area contributed by atoms with Gasteiger partial charge in [0.2, 0.25) is 0 Å². The molecule has 1 saturated heterocycles. The van der Waals surface area contributed by atoms with Crippen LogP contribution < -0.4 is 5.73 Å². The summed E-state index contributed by atoms with van der Waals surface area (Å²) >= 11 is 0. The van der Waals surface area contributed by atoms with Gasteiger partial charge in [0.15, 0.2) is 0 Å². The van der Waals surface area contributed by atoms with Gasteiger partial charge in [-0.15, -0.1) is 0 Å². The Balaban J connectivity index is 1.64.